The van der Waals surface area contributed by atoms with Crippen LogP contribution in [0.2, 0.25) is 0 Å². The van der Waals surface area contributed by atoms with E-state index >= 15 is 0 Å². The lowest BCUT2D eigenvalue weighted by molar-refractivity contribution is -0.278. The van der Waals surface area contributed by atoms with Gasteiger partial charge in [-0.05, 0) is 31.5 Å². The van der Waals surface area contributed by atoms with Gasteiger partial charge < -0.3 is 14.2 Å². The SMILES string of the molecule is CC1CCOC2(O1)C(=O)N(CN1CCOCC1)c1ccc(Br)cc12. The first-order valence-electron chi connectivity index (χ1n) is 8.34. The van der Waals surface area contributed by atoms with Gasteiger partial charge in [0.1, 0.15) is 0 Å². The Morgan fingerprint density at radius 2 is 2.08 bits per heavy atom. The quantitative estimate of drug-likeness (QED) is 0.765. The van der Waals surface area contributed by atoms with E-state index in [0.29, 0.717) is 26.5 Å². The number of anilines is 1. The maximum absolute atomic E-state index is 13.3. The first kappa shape index (κ1) is 16.5. The Morgan fingerprint density at radius 1 is 1.29 bits per heavy atom. The van der Waals surface area contributed by atoms with Gasteiger partial charge >= 0.3 is 0 Å². The number of fused-ring (bicyclic) bond motifs is 2. The number of hydrogen-bond donors (Lipinski definition) is 0. The summed E-state index contributed by atoms with van der Waals surface area (Å²) in [6.07, 6.45) is 0.778. The zero-order valence-corrected chi connectivity index (χ0v) is 15.3. The summed E-state index contributed by atoms with van der Waals surface area (Å²) in [6, 6.07) is 5.84. The van der Waals surface area contributed by atoms with Crippen LogP contribution in [0.3, 0.4) is 0 Å². The highest BCUT2D eigenvalue weighted by Gasteiger charge is 2.56. The number of carbonyl (C=O) groups is 1. The van der Waals surface area contributed by atoms with Crippen LogP contribution in [0.4, 0.5) is 5.69 Å². The maximum Gasteiger partial charge on any atom is 0.293 e. The van der Waals surface area contributed by atoms with Crippen molar-refractivity contribution < 1.29 is 19.0 Å². The second kappa shape index (κ2) is 6.38. The van der Waals surface area contributed by atoms with Gasteiger partial charge in [-0.2, -0.15) is 0 Å². The van der Waals surface area contributed by atoms with E-state index in [1.807, 2.05) is 25.1 Å². The van der Waals surface area contributed by atoms with Crippen LogP contribution in [0.25, 0.3) is 0 Å². The topological polar surface area (TPSA) is 51.2 Å². The molecule has 1 spiro atoms. The molecule has 130 valence electrons. The van der Waals surface area contributed by atoms with Crippen molar-refractivity contribution in [3.8, 4) is 0 Å². The van der Waals surface area contributed by atoms with Crippen LogP contribution in [0.1, 0.15) is 18.9 Å². The van der Waals surface area contributed by atoms with E-state index in [1.165, 1.54) is 0 Å². The van der Waals surface area contributed by atoms with Gasteiger partial charge in [-0.3, -0.25) is 14.6 Å². The van der Waals surface area contributed by atoms with Crippen LogP contribution < -0.4 is 4.90 Å². The lowest BCUT2D eigenvalue weighted by Crippen LogP contribution is -2.52. The molecule has 2 unspecified atom stereocenters. The van der Waals surface area contributed by atoms with Crippen LogP contribution in [0, 0.1) is 0 Å². The Morgan fingerprint density at radius 3 is 2.83 bits per heavy atom. The maximum atomic E-state index is 13.3. The molecule has 1 aromatic rings. The van der Waals surface area contributed by atoms with Crippen molar-refractivity contribution in [2.24, 2.45) is 0 Å². The molecule has 6 nitrogen and oxygen atoms in total. The number of benzene rings is 1. The summed E-state index contributed by atoms with van der Waals surface area (Å²) >= 11 is 3.50. The van der Waals surface area contributed by atoms with E-state index in [0.717, 1.165) is 35.2 Å². The van der Waals surface area contributed by atoms with E-state index in [-0.39, 0.29) is 12.0 Å². The number of nitrogens with zero attached hydrogens (tertiary/aromatic N) is 2. The van der Waals surface area contributed by atoms with Crippen molar-refractivity contribution >= 4 is 27.5 Å². The van der Waals surface area contributed by atoms with Crippen molar-refractivity contribution in [2.45, 2.75) is 25.2 Å². The number of carbonyl (C=O) groups excluding carboxylic acids is 1. The first-order chi connectivity index (χ1) is 11.6. The molecule has 3 heterocycles. The number of morpholine rings is 1. The molecule has 24 heavy (non-hydrogen) atoms. The lowest BCUT2D eigenvalue weighted by Gasteiger charge is -2.37. The second-order valence-electron chi connectivity index (χ2n) is 6.45. The molecule has 2 saturated heterocycles. The highest BCUT2D eigenvalue weighted by Crippen LogP contribution is 2.47. The molecule has 1 aromatic carbocycles. The largest absolute Gasteiger partial charge is 0.379 e. The number of halogens is 1. The summed E-state index contributed by atoms with van der Waals surface area (Å²) in [7, 11) is 0. The minimum absolute atomic E-state index is 0.0159. The van der Waals surface area contributed by atoms with Crippen molar-refractivity contribution in [1.82, 2.24) is 4.90 Å². The fourth-order valence-electron chi connectivity index (χ4n) is 3.49. The molecule has 3 aliphatic rings. The van der Waals surface area contributed by atoms with Gasteiger partial charge in [-0.1, -0.05) is 15.9 Å². The molecular weight excluding hydrogens is 376 g/mol. The smallest absolute Gasteiger partial charge is 0.293 e. The molecule has 2 atom stereocenters. The van der Waals surface area contributed by atoms with Gasteiger partial charge in [0.15, 0.2) is 0 Å². The van der Waals surface area contributed by atoms with Crippen LogP contribution in [-0.4, -0.2) is 56.5 Å². The van der Waals surface area contributed by atoms with Gasteiger partial charge in [-0.15, -0.1) is 0 Å². The molecule has 0 N–H and O–H groups in total. The Kier molecular flexibility index (Phi) is 4.38. The fourth-order valence-corrected chi connectivity index (χ4v) is 3.85. The molecule has 4 rings (SSSR count). The Hall–Kier alpha value is -0.990. The number of hydrogen-bond acceptors (Lipinski definition) is 5. The third-order valence-corrected chi connectivity index (χ3v) is 5.27. The number of amides is 1. The highest BCUT2D eigenvalue weighted by atomic mass is 79.9. The molecule has 0 aromatic heterocycles. The predicted molar refractivity (Wildman–Crippen MR) is 91.7 cm³/mol. The summed E-state index contributed by atoms with van der Waals surface area (Å²) in [4.78, 5) is 17.3. The fraction of sp³-hybridized carbons (Fsp3) is 0.588. The molecule has 7 heteroatoms. The summed E-state index contributed by atoms with van der Waals surface area (Å²) < 4.78 is 18.3. The summed E-state index contributed by atoms with van der Waals surface area (Å²) in [5.41, 5.74) is 1.66. The Labute approximate surface area is 149 Å². The molecule has 0 bridgehead atoms. The first-order valence-corrected chi connectivity index (χ1v) is 9.13. The van der Waals surface area contributed by atoms with E-state index in [4.69, 9.17) is 14.2 Å². The van der Waals surface area contributed by atoms with E-state index in [1.54, 1.807) is 4.90 Å². The van der Waals surface area contributed by atoms with E-state index in [9.17, 15) is 4.79 Å². The minimum Gasteiger partial charge on any atom is -0.379 e. The molecule has 0 saturated carbocycles. The standard InChI is InChI=1S/C17H21BrN2O4/c1-12-4-7-23-17(24-12)14-10-13(18)2-3-15(14)20(16(17)21)11-19-5-8-22-9-6-19/h2-3,10,12H,4-9,11H2,1H3. The molecule has 3 aliphatic heterocycles. The Balaban J connectivity index is 1.70. The number of ether oxygens (including phenoxy) is 3. The third-order valence-electron chi connectivity index (χ3n) is 4.77. The van der Waals surface area contributed by atoms with Gasteiger partial charge in [0.2, 0.25) is 0 Å². The molecule has 1 amide bonds. The summed E-state index contributed by atoms with van der Waals surface area (Å²) in [6.45, 7) is 6.07. The lowest BCUT2D eigenvalue weighted by atomic mass is 10.1. The monoisotopic (exact) mass is 396 g/mol. The van der Waals surface area contributed by atoms with Crippen LogP contribution in [-0.2, 0) is 24.8 Å². The zero-order chi connectivity index (χ0) is 16.7. The van der Waals surface area contributed by atoms with Crippen molar-refractivity contribution in [1.29, 1.82) is 0 Å². The summed E-state index contributed by atoms with van der Waals surface area (Å²) in [5.74, 6) is -1.43. The Bertz CT molecular complexity index is 649. The summed E-state index contributed by atoms with van der Waals surface area (Å²) in [5, 5.41) is 0. The molecule has 0 radical (unpaired) electrons. The number of rotatable bonds is 2. The van der Waals surface area contributed by atoms with Crippen molar-refractivity contribution in [2.75, 3.05) is 44.5 Å². The van der Waals surface area contributed by atoms with Gasteiger partial charge in [0.25, 0.3) is 11.7 Å². The van der Waals surface area contributed by atoms with Gasteiger partial charge in [-0.25, -0.2) is 0 Å². The molecular formula is C17H21BrN2O4. The zero-order valence-electron chi connectivity index (χ0n) is 13.7. The third kappa shape index (κ3) is 2.68. The second-order valence-corrected chi connectivity index (χ2v) is 7.36. The normalized spacial score (nSPS) is 30.8. The van der Waals surface area contributed by atoms with E-state index in [2.05, 4.69) is 20.8 Å². The van der Waals surface area contributed by atoms with Crippen molar-refractivity contribution in [3.63, 3.8) is 0 Å². The van der Waals surface area contributed by atoms with Crippen molar-refractivity contribution in [3.05, 3.63) is 28.2 Å². The average molecular weight is 397 g/mol. The van der Waals surface area contributed by atoms with Crippen LogP contribution in [0.5, 0.6) is 0 Å². The average Bonchev–Trinajstić information content (AvgIpc) is 2.78. The minimum atomic E-state index is -1.30. The molecule has 0 aliphatic carbocycles. The predicted octanol–water partition coefficient (Wildman–Crippen LogP) is 2.06. The highest BCUT2D eigenvalue weighted by molar-refractivity contribution is 9.10. The van der Waals surface area contributed by atoms with Crippen LogP contribution >= 0.6 is 15.9 Å². The van der Waals surface area contributed by atoms with E-state index < -0.39 is 5.79 Å². The molecule has 2 fully saturated rings. The van der Waals surface area contributed by atoms with Gasteiger partial charge in [0.05, 0.1) is 38.3 Å². The van der Waals surface area contributed by atoms with Gasteiger partial charge in [0, 0.05) is 23.1 Å². The van der Waals surface area contributed by atoms with Crippen LogP contribution in [0.15, 0.2) is 22.7 Å².